The van der Waals surface area contributed by atoms with Gasteiger partial charge in [0.2, 0.25) is 0 Å². The molecule has 0 saturated carbocycles. The van der Waals surface area contributed by atoms with Crippen LogP contribution in [0.2, 0.25) is 10.0 Å². The molecule has 0 unspecified atom stereocenters. The number of aromatic nitrogens is 1. The molecule has 0 bridgehead atoms. The van der Waals surface area contributed by atoms with Crippen molar-refractivity contribution >= 4 is 29.1 Å². The number of nitrogens with one attached hydrogen (secondary N) is 1. The van der Waals surface area contributed by atoms with Crippen LogP contribution in [0.25, 0.3) is 11.3 Å². The number of hydrogen-bond donors (Lipinski definition) is 1. The molecule has 6 heteroatoms. The van der Waals surface area contributed by atoms with Gasteiger partial charge in [-0.1, -0.05) is 28.4 Å². The fraction of sp³-hybridized carbons (Fsp3) is 0.0588. The van der Waals surface area contributed by atoms with E-state index in [4.69, 9.17) is 27.7 Å². The summed E-state index contributed by atoms with van der Waals surface area (Å²) in [5.74, 6) is 0.426. The Morgan fingerprint density at radius 3 is 2.26 bits per heavy atom. The van der Waals surface area contributed by atoms with Gasteiger partial charge in [0.15, 0.2) is 5.76 Å². The predicted molar refractivity (Wildman–Crippen MR) is 89.6 cm³/mol. The first-order chi connectivity index (χ1) is 11.1. The molecular weight excluding hydrogens is 335 g/mol. The summed E-state index contributed by atoms with van der Waals surface area (Å²) in [6, 6.07) is 15.7. The number of rotatable bonds is 4. The highest BCUT2D eigenvalue weighted by molar-refractivity contribution is 6.30. The Labute approximate surface area is 143 Å². The zero-order chi connectivity index (χ0) is 16.2. The van der Waals surface area contributed by atoms with Gasteiger partial charge >= 0.3 is 0 Å². The Hall–Kier alpha value is -2.30. The molecule has 1 aromatic heterocycles. The summed E-state index contributed by atoms with van der Waals surface area (Å²) in [4.78, 5) is 12.0. The minimum absolute atomic E-state index is 0.197. The number of carbonyl (C=O) groups is 1. The third kappa shape index (κ3) is 3.92. The normalized spacial score (nSPS) is 10.5. The van der Waals surface area contributed by atoms with Gasteiger partial charge in [-0.25, -0.2) is 0 Å². The number of hydrogen-bond acceptors (Lipinski definition) is 3. The molecule has 0 atom stereocenters. The standard InChI is InChI=1S/C17H12Cl2N2O2/c18-13-5-1-11(2-6-13)16-9-15(21-23-16)10-20-17(22)12-3-7-14(19)8-4-12/h1-9H,10H2,(H,20,22). The quantitative estimate of drug-likeness (QED) is 0.752. The Balaban J connectivity index is 1.64. The first kappa shape index (κ1) is 15.6. The van der Waals surface area contributed by atoms with E-state index in [1.165, 1.54) is 0 Å². The van der Waals surface area contributed by atoms with Crippen LogP contribution in [0.1, 0.15) is 16.1 Å². The maximum Gasteiger partial charge on any atom is 0.251 e. The zero-order valence-corrected chi connectivity index (χ0v) is 13.4. The SMILES string of the molecule is O=C(NCc1cc(-c2ccc(Cl)cc2)on1)c1ccc(Cl)cc1. The van der Waals surface area contributed by atoms with Crippen molar-refractivity contribution < 1.29 is 9.32 Å². The van der Waals surface area contributed by atoms with Gasteiger partial charge in [-0.3, -0.25) is 4.79 Å². The van der Waals surface area contributed by atoms with Crippen LogP contribution in [0.3, 0.4) is 0 Å². The van der Waals surface area contributed by atoms with Crippen molar-refractivity contribution in [1.29, 1.82) is 0 Å². The molecular formula is C17H12Cl2N2O2. The summed E-state index contributed by atoms with van der Waals surface area (Å²) in [6.07, 6.45) is 0. The first-order valence-electron chi connectivity index (χ1n) is 6.87. The van der Waals surface area contributed by atoms with E-state index >= 15 is 0 Å². The highest BCUT2D eigenvalue weighted by Crippen LogP contribution is 2.22. The Morgan fingerprint density at radius 2 is 1.61 bits per heavy atom. The van der Waals surface area contributed by atoms with E-state index < -0.39 is 0 Å². The van der Waals surface area contributed by atoms with Crippen molar-refractivity contribution in [3.05, 3.63) is 75.9 Å². The van der Waals surface area contributed by atoms with Gasteiger partial charge in [0.05, 0.1) is 6.54 Å². The molecule has 2 aromatic carbocycles. The topological polar surface area (TPSA) is 55.1 Å². The number of carbonyl (C=O) groups excluding carboxylic acids is 1. The summed E-state index contributed by atoms with van der Waals surface area (Å²) >= 11 is 11.7. The monoisotopic (exact) mass is 346 g/mol. The molecule has 0 radical (unpaired) electrons. The second-order valence-electron chi connectivity index (χ2n) is 4.88. The van der Waals surface area contributed by atoms with Crippen molar-refractivity contribution in [2.24, 2.45) is 0 Å². The second-order valence-corrected chi connectivity index (χ2v) is 5.75. The molecule has 1 N–H and O–H groups in total. The third-order valence-electron chi connectivity index (χ3n) is 3.22. The van der Waals surface area contributed by atoms with Gasteiger partial charge in [0.1, 0.15) is 5.69 Å². The average Bonchev–Trinajstić information content (AvgIpc) is 3.03. The van der Waals surface area contributed by atoms with E-state index in [1.54, 1.807) is 42.5 Å². The smallest absolute Gasteiger partial charge is 0.251 e. The van der Waals surface area contributed by atoms with Crippen LogP contribution in [0.5, 0.6) is 0 Å². The fourth-order valence-electron chi connectivity index (χ4n) is 2.02. The molecule has 1 amide bonds. The lowest BCUT2D eigenvalue weighted by atomic mass is 10.1. The number of amides is 1. The maximum absolute atomic E-state index is 12.0. The van der Waals surface area contributed by atoms with Crippen LogP contribution in [0, 0.1) is 0 Å². The molecule has 3 rings (SSSR count). The Morgan fingerprint density at radius 1 is 1.00 bits per heavy atom. The van der Waals surface area contributed by atoms with Crippen molar-refractivity contribution in [2.75, 3.05) is 0 Å². The predicted octanol–water partition coefficient (Wildman–Crippen LogP) is 4.58. The minimum Gasteiger partial charge on any atom is -0.356 e. The second kappa shape index (κ2) is 6.86. The highest BCUT2D eigenvalue weighted by atomic mass is 35.5. The third-order valence-corrected chi connectivity index (χ3v) is 3.73. The minimum atomic E-state index is -0.197. The van der Waals surface area contributed by atoms with Crippen molar-refractivity contribution in [3.8, 4) is 11.3 Å². The molecule has 0 saturated heterocycles. The summed E-state index contributed by atoms with van der Waals surface area (Å²) in [5.41, 5.74) is 2.05. The van der Waals surface area contributed by atoms with E-state index in [0.717, 1.165) is 5.56 Å². The summed E-state index contributed by atoms with van der Waals surface area (Å²) in [6.45, 7) is 0.276. The molecule has 3 aromatic rings. The van der Waals surface area contributed by atoms with E-state index in [2.05, 4.69) is 10.5 Å². The average molecular weight is 347 g/mol. The molecule has 0 fully saturated rings. The van der Waals surface area contributed by atoms with E-state index in [0.29, 0.717) is 27.1 Å². The highest BCUT2D eigenvalue weighted by Gasteiger charge is 2.09. The van der Waals surface area contributed by atoms with Crippen molar-refractivity contribution in [1.82, 2.24) is 10.5 Å². The molecule has 0 aliphatic heterocycles. The number of benzene rings is 2. The molecule has 1 heterocycles. The Kier molecular flexibility index (Phi) is 4.65. The van der Waals surface area contributed by atoms with Gasteiger partial charge < -0.3 is 9.84 Å². The molecule has 23 heavy (non-hydrogen) atoms. The lowest BCUT2D eigenvalue weighted by Crippen LogP contribution is -2.22. The lowest BCUT2D eigenvalue weighted by Gasteiger charge is -2.02. The van der Waals surface area contributed by atoms with Crippen LogP contribution in [-0.2, 0) is 6.54 Å². The van der Waals surface area contributed by atoms with E-state index in [-0.39, 0.29) is 12.5 Å². The molecule has 0 spiro atoms. The van der Waals surface area contributed by atoms with Crippen LogP contribution in [0.15, 0.2) is 59.1 Å². The number of halogens is 2. The van der Waals surface area contributed by atoms with Crippen LogP contribution in [0.4, 0.5) is 0 Å². The first-order valence-corrected chi connectivity index (χ1v) is 7.63. The zero-order valence-electron chi connectivity index (χ0n) is 11.9. The molecule has 0 aliphatic carbocycles. The summed E-state index contributed by atoms with van der Waals surface area (Å²) in [7, 11) is 0. The maximum atomic E-state index is 12.0. The molecule has 116 valence electrons. The van der Waals surface area contributed by atoms with Crippen LogP contribution in [-0.4, -0.2) is 11.1 Å². The van der Waals surface area contributed by atoms with Gasteiger partial charge in [-0.2, -0.15) is 0 Å². The fourth-order valence-corrected chi connectivity index (χ4v) is 2.27. The van der Waals surface area contributed by atoms with E-state index in [1.807, 2.05) is 12.1 Å². The van der Waals surface area contributed by atoms with Gasteiger partial charge in [0.25, 0.3) is 5.91 Å². The van der Waals surface area contributed by atoms with Gasteiger partial charge in [0, 0.05) is 27.2 Å². The number of nitrogens with zero attached hydrogens (tertiary/aromatic N) is 1. The summed E-state index contributed by atoms with van der Waals surface area (Å²) in [5, 5.41) is 7.98. The van der Waals surface area contributed by atoms with Crippen molar-refractivity contribution in [3.63, 3.8) is 0 Å². The van der Waals surface area contributed by atoms with E-state index in [9.17, 15) is 4.79 Å². The lowest BCUT2D eigenvalue weighted by molar-refractivity contribution is 0.0950. The van der Waals surface area contributed by atoms with Crippen molar-refractivity contribution in [2.45, 2.75) is 6.54 Å². The Bertz CT molecular complexity index is 811. The summed E-state index contributed by atoms with van der Waals surface area (Å²) < 4.78 is 5.28. The molecule has 4 nitrogen and oxygen atoms in total. The van der Waals surface area contributed by atoms with Crippen LogP contribution < -0.4 is 5.32 Å². The van der Waals surface area contributed by atoms with Gasteiger partial charge in [-0.15, -0.1) is 0 Å². The van der Waals surface area contributed by atoms with Gasteiger partial charge in [-0.05, 0) is 48.5 Å². The largest absolute Gasteiger partial charge is 0.356 e. The van der Waals surface area contributed by atoms with Crippen LogP contribution >= 0.6 is 23.2 Å². The molecule has 0 aliphatic rings.